The number of piperidine rings is 1. The highest BCUT2D eigenvalue weighted by atomic mass is 35.5. The van der Waals surface area contributed by atoms with Gasteiger partial charge in [-0.15, -0.1) is 11.6 Å². The first-order chi connectivity index (χ1) is 8.03. The molecule has 1 aromatic carbocycles. The third-order valence-corrected chi connectivity index (χ3v) is 4.31. The second-order valence-electron chi connectivity index (χ2n) is 5.52. The fourth-order valence-electron chi connectivity index (χ4n) is 2.33. The van der Waals surface area contributed by atoms with Crippen LogP contribution in [0.5, 0.6) is 0 Å². The van der Waals surface area contributed by atoms with Crippen molar-refractivity contribution in [1.29, 1.82) is 0 Å². The molecule has 1 fully saturated rings. The number of nitrogens with zero attached hydrogens (tertiary/aromatic N) is 1. The average Bonchev–Trinajstić information content (AvgIpc) is 2.29. The standard InChI is InChI=1S/C14H19Cl2N/c1-14(2)6-8-17(9-7-14)13-5-3-4-12(16)11(13)10-15/h3-5H,6-10H2,1-2H3. The quantitative estimate of drug-likeness (QED) is 0.705. The molecule has 0 aliphatic carbocycles. The van der Waals surface area contributed by atoms with E-state index in [2.05, 4.69) is 24.8 Å². The van der Waals surface area contributed by atoms with Gasteiger partial charge in [-0.3, -0.25) is 0 Å². The number of alkyl halides is 1. The molecule has 0 bridgehead atoms. The van der Waals surface area contributed by atoms with Crippen molar-refractivity contribution in [2.75, 3.05) is 18.0 Å². The summed E-state index contributed by atoms with van der Waals surface area (Å²) in [4.78, 5) is 2.41. The fraction of sp³-hybridized carbons (Fsp3) is 0.571. The Morgan fingerprint density at radius 3 is 2.47 bits per heavy atom. The Hall–Kier alpha value is -0.400. The molecule has 0 atom stereocenters. The molecule has 1 saturated heterocycles. The molecule has 0 N–H and O–H groups in total. The predicted molar refractivity (Wildman–Crippen MR) is 76.2 cm³/mol. The van der Waals surface area contributed by atoms with Crippen molar-refractivity contribution in [3.05, 3.63) is 28.8 Å². The summed E-state index contributed by atoms with van der Waals surface area (Å²) in [6.07, 6.45) is 2.45. The zero-order chi connectivity index (χ0) is 12.5. The second kappa shape index (κ2) is 5.07. The van der Waals surface area contributed by atoms with Crippen LogP contribution in [0.4, 0.5) is 5.69 Å². The van der Waals surface area contributed by atoms with E-state index in [0.717, 1.165) is 23.7 Å². The largest absolute Gasteiger partial charge is 0.371 e. The van der Waals surface area contributed by atoms with Gasteiger partial charge in [0.15, 0.2) is 0 Å². The third-order valence-electron chi connectivity index (χ3n) is 3.69. The lowest BCUT2D eigenvalue weighted by atomic mass is 9.82. The molecule has 0 radical (unpaired) electrons. The number of halogens is 2. The monoisotopic (exact) mass is 271 g/mol. The van der Waals surface area contributed by atoms with Crippen LogP contribution in [0.25, 0.3) is 0 Å². The lowest BCUT2D eigenvalue weighted by Gasteiger charge is -2.39. The summed E-state index contributed by atoms with van der Waals surface area (Å²) in [5.74, 6) is 0.481. The molecule has 2 rings (SSSR count). The van der Waals surface area contributed by atoms with Crippen molar-refractivity contribution in [2.24, 2.45) is 5.41 Å². The SMILES string of the molecule is CC1(C)CCN(c2cccc(Cl)c2CCl)CC1. The van der Waals surface area contributed by atoms with Gasteiger partial charge in [0.25, 0.3) is 0 Å². The van der Waals surface area contributed by atoms with Gasteiger partial charge >= 0.3 is 0 Å². The van der Waals surface area contributed by atoms with E-state index in [9.17, 15) is 0 Å². The Morgan fingerprint density at radius 1 is 1.24 bits per heavy atom. The van der Waals surface area contributed by atoms with E-state index >= 15 is 0 Å². The van der Waals surface area contributed by atoms with Crippen LogP contribution >= 0.6 is 23.2 Å². The minimum atomic E-state index is 0.468. The number of hydrogen-bond donors (Lipinski definition) is 0. The van der Waals surface area contributed by atoms with Crippen molar-refractivity contribution in [3.8, 4) is 0 Å². The van der Waals surface area contributed by atoms with Crippen LogP contribution in [0, 0.1) is 5.41 Å². The summed E-state index contributed by atoms with van der Waals surface area (Å²) in [6.45, 7) is 6.87. The highest BCUT2D eigenvalue weighted by Gasteiger charge is 2.26. The van der Waals surface area contributed by atoms with Gasteiger partial charge < -0.3 is 4.90 Å². The van der Waals surface area contributed by atoms with Gasteiger partial charge in [0.1, 0.15) is 0 Å². The van der Waals surface area contributed by atoms with Crippen LogP contribution in [-0.2, 0) is 5.88 Å². The van der Waals surface area contributed by atoms with Gasteiger partial charge in [-0.2, -0.15) is 0 Å². The molecular formula is C14H19Cl2N. The van der Waals surface area contributed by atoms with E-state index in [-0.39, 0.29) is 0 Å². The van der Waals surface area contributed by atoms with Crippen LogP contribution in [0.1, 0.15) is 32.3 Å². The summed E-state index contributed by atoms with van der Waals surface area (Å²) >= 11 is 12.2. The van der Waals surface area contributed by atoms with Crippen molar-refractivity contribution in [2.45, 2.75) is 32.6 Å². The molecule has 1 aliphatic heterocycles. The van der Waals surface area contributed by atoms with E-state index in [4.69, 9.17) is 23.2 Å². The Labute approximate surface area is 114 Å². The molecule has 1 nitrogen and oxygen atoms in total. The predicted octanol–water partition coefficient (Wildman–Crippen LogP) is 4.71. The molecule has 0 saturated carbocycles. The van der Waals surface area contributed by atoms with E-state index in [1.54, 1.807) is 0 Å². The Balaban J connectivity index is 2.21. The minimum Gasteiger partial charge on any atom is -0.371 e. The van der Waals surface area contributed by atoms with Gasteiger partial charge in [-0.25, -0.2) is 0 Å². The molecule has 3 heteroatoms. The molecule has 1 aliphatic rings. The van der Waals surface area contributed by atoms with Crippen LogP contribution < -0.4 is 4.90 Å². The lowest BCUT2D eigenvalue weighted by molar-refractivity contribution is 0.279. The summed E-state index contributed by atoms with van der Waals surface area (Å²) in [7, 11) is 0. The van der Waals surface area contributed by atoms with Crippen LogP contribution in [0.15, 0.2) is 18.2 Å². The summed E-state index contributed by atoms with van der Waals surface area (Å²) in [6, 6.07) is 6.05. The van der Waals surface area contributed by atoms with E-state index in [0.29, 0.717) is 11.3 Å². The first kappa shape index (κ1) is 13.0. The summed E-state index contributed by atoms with van der Waals surface area (Å²) < 4.78 is 0. The van der Waals surface area contributed by atoms with Crippen LogP contribution in [0.2, 0.25) is 5.02 Å². The first-order valence-electron chi connectivity index (χ1n) is 6.12. The number of benzene rings is 1. The Kier molecular flexibility index (Phi) is 3.89. The molecule has 0 aromatic heterocycles. The Bertz CT molecular complexity index is 391. The van der Waals surface area contributed by atoms with E-state index < -0.39 is 0 Å². The first-order valence-corrected chi connectivity index (χ1v) is 7.03. The van der Waals surface area contributed by atoms with Crippen molar-refractivity contribution < 1.29 is 0 Å². The van der Waals surface area contributed by atoms with Crippen molar-refractivity contribution in [3.63, 3.8) is 0 Å². The molecular weight excluding hydrogens is 253 g/mol. The van der Waals surface area contributed by atoms with Crippen LogP contribution in [0.3, 0.4) is 0 Å². The fourth-order valence-corrected chi connectivity index (χ4v) is 2.91. The zero-order valence-electron chi connectivity index (χ0n) is 10.5. The summed E-state index contributed by atoms with van der Waals surface area (Å²) in [5.41, 5.74) is 2.74. The third kappa shape index (κ3) is 2.89. The van der Waals surface area contributed by atoms with E-state index in [1.165, 1.54) is 18.5 Å². The smallest absolute Gasteiger partial charge is 0.0509 e. The molecule has 0 unspecified atom stereocenters. The molecule has 94 valence electrons. The molecule has 0 spiro atoms. The van der Waals surface area contributed by atoms with Gasteiger partial charge in [-0.05, 0) is 30.4 Å². The van der Waals surface area contributed by atoms with Gasteiger partial charge in [0.2, 0.25) is 0 Å². The molecule has 1 aromatic rings. The van der Waals surface area contributed by atoms with Crippen LogP contribution in [-0.4, -0.2) is 13.1 Å². The lowest BCUT2D eigenvalue weighted by Crippen LogP contribution is -2.37. The van der Waals surface area contributed by atoms with E-state index in [1.807, 2.05) is 12.1 Å². The molecule has 0 amide bonds. The number of anilines is 1. The number of hydrogen-bond acceptors (Lipinski definition) is 1. The maximum absolute atomic E-state index is 6.19. The molecule has 1 heterocycles. The number of rotatable bonds is 2. The second-order valence-corrected chi connectivity index (χ2v) is 6.20. The zero-order valence-corrected chi connectivity index (χ0v) is 12.0. The van der Waals surface area contributed by atoms with Gasteiger partial charge in [-0.1, -0.05) is 31.5 Å². The van der Waals surface area contributed by atoms with Gasteiger partial charge in [0, 0.05) is 29.4 Å². The normalized spacial score (nSPS) is 19.4. The van der Waals surface area contributed by atoms with Crippen molar-refractivity contribution in [1.82, 2.24) is 0 Å². The Morgan fingerprint density at radius 2 is 1.88 bits per heavy atom. The highest BCUT2D eigenvalue weighted by molar-refractivity contribution is 6.32. The average molecular weight is 272 g/mol. The van der Waals surface area contributed by atoms with Crippen molar-refractivity contribution >= 4 is 28.9 Å². The topological polar surface area (TPSA) is 3.24 Å². The maximum atomic E-state index is 6.19. The highest BCUT2D eigenvalue weighted by Crippen LogP contribution is 2.35. The molecule has 17 heavy (non-hydrogen) atoms. The summed E-state index contributed by atoms with van der Waals surface area (Å²) in [5, 5.41) is 0.780. The minimum absolute atomic E-state index is 0.468. The maximum Gasteiger partial charge on any atom is 0.0509 e. The van der Waals surface area contributed by atoms with Gasteiger partial charge in [0.05, 0.1) is 5.88 Å².